The molecule has 2 aliphatic rings. The van der Waals surface area contributed by atoms with Crippen molar-refractivity contribution in [2.75, 3.05) is 13.1 Å². The van der Waals surface area contributed by atoms with E-state index in [2.05, 4.69) is 10.3 Å². The van der Waals surface area contributed by atoms with Gasteiger partial charge in [0.1, 0.15) is 0 Å². The molecule has 17 heavy (non-hydrogen) atoms. The van der Waals surface area contributed by atoms with E-state index in [4.69, 9.17) is 0 Å². The lowest BCUT2D eigenvalue weighted by atomic mass is 9.92. The molecule has 0 radical (unpaired) electrons. The van der Waals surface area contributed by atoms with Crippen molar-refractivity contribution in [1.29, 1.82) is 0 Å². The fourth-order valence-electron chi connectivity index (χ4n) is 2.38. The summed E-state index contributed by atoms with van der Waals surface area (Å²) in [5, 5.41) is 13.5. The molecule has 1 fully saturated rings. The molecule has 2 atom stereocenters. The lowest BCUT2D eigenvalue weighted by Gasteiger charge is -2.24. The molecule has 2 aliphatic heterocycles. The summed E-state index contributed by atoms with van der Waals surface area (Å²) in [6, 6.07) is 0. The zero-order valence-corrected chi connectivity index (χ0v) is 11.3. The van der Waals surface area contributed by atoms with Gasteiger partial charge in [-0.3, -0.25) is 9.78 Å². The van der Waals surface area contributed by atoms with Crippen LogP contribution in [0, 0.1) is 0 Å². The normalized spacial score (nSPS) is 25.9. The van der Waals surface area contributed by atoms with Crippen LogP contribution in [0.1, 0.15) is 17.9 Å². The van der Waals surface area contributed by atoms with Crippen LogP contribution in [-0.4, -0.2) is 33.3 Å². The summed E-state index contributed by atoms with van der Waals surface area (Å²) in [4.78, 5) is 25.6. The highest BCUT2D eigenvalue weighted by molar-refractivity contribution is 8.93. The Morgan fingerprint density at radius 2 is 2.18 bits per heavy atom. The highest BCUT2D eigenvalue weighted by Crippen LogP contribution is 2.44. The van der Waals surface area contributed by atoms with Gasteiger partial charge in [0.15, 0.2) is 0 Å². The maximum atomic E-state index is 11.8. The van der Waals surface area contributed by atoms with Crippen LogP contribution in [0.15, 0.2) is 14.6 Å². The Hall–Kier alpha value is -0.730. The van der Waals surface area contributed by atoms with E-state index in [9.17, 15) is 14.8 Å². The topological polar surface area (TPSA) is 87.1 Å². The van der Waals surface area contributed by atoms with E-state index >= 15 is 0 Å². The largest absolute Gasteiger partial charge is 0.421 e. The highest BCUT2D eigenvalue weighted by atomic mass is 79.9. The van der Waals surface area contributed by atoms with Crippen LogP contribution in [0.4, 0.5) is 0 Å². The van der Waals surface area contributed by atoms with Gasteiger partial charge < -0.3 is 10.5 Å². The molecule has 1 aromatic heterocycles. The number of aromatic nitrogens is 2. The van der Waals surface area contributed by atoms with Crippen LogP contribution in [0.3, 0.4) is 0 Å². The lowest BCUT2D eigenvalue weighted by molar-refractivity contribution is 0.157. The molecule has 94 valence electrons. The van der Waals surface area contributed by atoms with Gasteiger partial charge in [-0.05, 0) is 13.0 Å². The standard InChI is InChI=1S/C9H11N3O3S.BrH/c13-8-6-4-1-2-10-3-5(4)16-7(6)11-9(14)12(8)15;/h4-5,10,15H,1-3H2,(H,11,14);1H. The molecule has 3 N–H and O–H groups in total. The first-order valence-corrected chi connectivity index (χ1v) is 6.02. The predicted octanol–water partition coefficient (Wildman–Crippen LogP) is -0.0970. The molecule has 3 rings (SSSR count). The average Bonchev–Trinajstić information content (AvgIpc) is 2.64. The summed E-state index contributed by atoms with van der Waals surface area (Å²) < 4.78 is 0.170. The predicted molar refractivity (Wildman–Crippen MR) is 68.7 cm³/mol. The number of rotatable bonds is 0. The van der Waals surface area contributed by atoms with Gasteiger partial charge in [0, 0.05) is 17.7 Å². The Kier molecular flexibility index (Phi) is 3.37. The summed E-state index contributed by atoms with van der Waals surface area (Å²) in [5.41, 5.74) is -0.762. The molecular weight excluding hydrogens is 310 g/mol. The fraction of sp³-hybridized carbons (Fsp3) is 0.556. The van der Waals surface area contributed by atoms with Crippen LogP contribution in [0.25, 0.3) is 0 Å². The summed E-state index contributed by atoms with van der Waals surface area (Å²) in [7, 11) is 0. The molecule has 0 amide bonds. The van der Waals surface area contributed by atoms with E-state index in [1.165, 1.54) is 11.8 Å². The van der Waals surface area contributed by atoms with Crippen molar-refractivity contribution in [3.05, 3.63) is 26.4 Å². The molecule has 1 saturated heterocycles. The van der Waals surface area contributed by atoms with Crippen LogP contribution >= 0.6 is 28.7 Å². The zero-order valence-electron chi connectivity index (χ0n) is 8.80. The molecular formula is C9H12BrN3O3S. The summed E-state index contributed by atoms with van der Waals surface area (Å²) >= 11 is 1.51. The van der Waals surface area contributed by atoms with E-state index in [1.54, 1.807) is 0 Å². The van der Waals surface area contributed by atoms with Crippen molar-refractivity contribution in [1.82, 2.24) is 15.0 Å². The number of aromatic amines is 1. The van der Waals surface area contributed by atoms with Gasteiger partial charge >= 0.3 is 5.69 Å². The highest BCUT2D eigenvalue weighted by Gasteiger charge is 2.38. The molecule has 2 unspecified atom stereocenters. The van der Waals surface area contributed by atoms with E-state index in [-0.39, 0.29) is 32.9 Å². The molecule has 1 aromatic rings. The SMILES string of the molecule is Br.O=c1[nH]c2c(c(=O)n1O)C1CCNCC1S2. The van der Waals surface area contributed by atoms with E-state index in [0.717, 1.165) is 19.5 Å². The van der Waals surface area contributed by atoms with Crippen LogP contribution in [0.2, 0.25) is 0 Å². The van der Waals surface area contributed by atoms with Crippen LogP contribution < -0.4 is 16.6 Å². The minimum Gasteiger partial charge on any atom is -0.421 e. The molecule has 3 heterocycles. The van der Waals surface area contributed by atoms with E-state index < -0.39 is 11.2 Å². The van der Waals surface area contributed by atoms with Gasteiger partial charge in [-0.2, -0.15) is 0 Å². The van der Waals surface area contributed by atoms with Crippen molar-refractivity contribution in [2.24, 2.45) is 0 Å². The summed E-state index contributed by atoms with van der Waals surface area (Å²) in [5.74, 6) is 0.143. The third-order valence-electron chi connectivity index (χ3n) is 3.15. The monoisotopic (exact) mass is 321 g/mol. The molecule has 0 spiro atoms. The van der Waals surface area contributed by atoms with Crippen molar-refractivity contribution in [2.45, 2.75) is 22.6 Å². The Balaban J connectivity index is 0.00000108. The van der Waals surface area contributed by atoms with E-state index in [1.807, 2.05) is 0 Å². The maximum Gasteiger partial charge on any atom is 0.362 e. The molecule has 0 aliphatic carbocycles. The molecule has 0 bridgehead atoms. The molecule has 0 saturated carbocycles. The van der Waals surface area contributed by atoms with Crippen molar-refractivity contribution >= 4 is 28.7 Å². The van der Waals surface area contributed by atoms with Gasteiger partial charge in [-0.1, -0.05) is 4.73 Å². The third kappa shape index (κ3) is 1.84. The Morgan fingerprint density at radius 3 is 2.94 bits per heavy atom. The first kappa shape index (κ1) is 12.7. The van der Waals surface area contributed by atoms with Crippen LogP contribution in [0.5, 0.6) is 0 Å². The number of H-pyrrole nitrogens is 1. The Bertz CT molecular complexity index is 555. The second kappa shape index (κ2) is 4.51. The fourth-order valence-corrected chi connectivity index (χ4v) is 3.83. The molecule has 8 heteroatoms. The molecule has 6 nitrogen and oxygen atoms in total. The number of piperidine rings is 1. The number of hydrogen-bond acceptors (Lipinski definition) is 5. The first-order chi connectivity index (χ1) is 7.68. The quantitative estimate of drug-likeness (QED) is 0.459. The third-order valence-corrected chi connectivity index (χ3v) is 4.50. The van der Waals surface area contributed by atoms with Gasteiger partial charge in [-0.25, -0.2) is 4.79 Å². The number of thioether (sulfide) groups is 1. The minimum atomic E-state index is -0.761. The second-order valence-corrected chi connectivity index (χ2v) is 5.29. The molecule has 0 aromatic carbocycles. The summed E-state index contributed by atoms with van der Waals surface area (Å²) in [6.07, 6.45) is 0.867. The van der Waals surface area contributed by atoms with Crippen molar-refractivity contribution in [3.8, 4) is 0 Å². The first-order valence-electron chi connectivity index (χ1n) is 5.14. The smallest absolute Gasteiger partial charge is 0.362 e. The summed E-state index contributed by atoms with van der Waals surface area (Å²) in [6.45, 7) is 1.70. The number of fused-ring (bicyclic) bond motifs is 3. The average molecular weight is 322 g/mol. The van der Waals surface area contributed by atoms with Crippen molar-refractivity contribution in [3.63, 3.8) is 0 Å². The van der Waals surface area contributed by atoms with Crippen LogP contribution in [-0.2, 0) is 0 Å². The second-order valence-electron chi connectivity index (χ2n) is 4.05. The number of hydrogen-bond donors (Lipinski definition) is 3. The maximum absolute atomic E-state index is 11.8. The van der Waals surface area contributed by atoms with Gasteiger partial charge in [0.2, 0.25) is 0 Å². The lowest BCUT2D eigenvalue weighted by Crippen LogP contribution is -2.39. The number of nitrogens with zero attached hydrogens (tertiary/aromatic N) is 1. The number of nitrogens with one attached hydrogen (secondary N) is 2. The van der Waals surface area contributed by atoms with Gasteiger partial charge in [0.25, 0.3) is 5.56 Å². The zero-order chi connectivity index (χ0) is 11.3. The van der Waals surface area contributed by atoms with Crippen molar-refractivity contribution < 1.29 is 5.21 Å². The van der Waals surface area contributed by atoms with Gasteiger partial charge in [-0.15, -0.1) is 28.7 Å². The number of halogens is 1. The Labute approximate surface area is 111 Å². The Morgan fingerprint density at radius 1 is 1.41 bits per heavy atom. The van der Waals surface area contributed by atoms with E-state index in [0.29, 0.717) is 10.6 Å². The minimum absolute atomic E-state index is 0. The van der Waals surface area contributed by atoms with Gasteiger partial charge in [0.05, 0.1) is 10.6 Å².